The van der Waals surface area contributed by atoms with Crippen LogP contribution < -0.4 is 5.48 Å². The van der Waals surface area contributed by atoms with Gasteiger partial charge in [-0.15, -0.1) is 0 Å². The van der Waals surface area contributed by atoms with Crippen molar-refractivity contribution >= 4 is 0 Å². The van der Waals surface area contributed by atoms with Crippen molar-refractivity contribution in [3.8, 4) is 0 Å². The standard InChI is InChI=1S/C6H9NO3/c1-8-6-4-2-9-3-5(4)10-7-6/h5,7H,2-3H2,1H3/t5-/m1/s1. The van der Waals surface area contributed by atoms with Crippen molar-refractivity contribution < 1.29 is 14.3 Å². The summed E-state index contributed by atoms with van der Waals surface area (Å²) in [5.41, 5.74) is 3.77. The molecule has 0 aromatic heterocycles. The first kappa shape index (κ1) is 6.00. The summed E-state index contributed by atoms with van der Waals surface area (Å²) in [6.45, 7) is 1.26. The Morgan fingerprint density at radius 2 is 2.60 bits per heavy atom. The van der Waals surface area contributed by atoms with Gasteiger partial charge in [0.15, 0.2) is 0 Å². The minimum Gasteiger partial charge on any atom is -0.481 e. The molecule has 1 fully saturated rings. The molecular formula is C6H9NO3. The van der Waals surface area contributed by atoms with Gasteiger partial charge in [0.2, 0.25) is 5.88 Å². The van der Waals surface area contributed by atoms with Crippen LogP contribution in [-0.4, -0.2) is 26.4 Å². The van der Waals surface area contributed by atoms with Crippen molar-refractivity contribution in [2.24, 2.45) is 0 Å². The molecular weight excluding hydrogens is 134 g/mol. The Hall–Kier alpha value is -0.740. The van der Waals surface area contributed by atoms with E-state index in [1.165, 1.54) is 0 Å². The summed E-state index contributed by atoms with van der Waals surface area (Å²) in [6.07, 6.45) is 0.0787. The predicted octanol–water partition coefficient (Wildman–Crippen LogP) is -0.222. The second-order valence-electron chi connectivity index (χ2n) is 2.28. The highest BCUT2D eigenvalue weighted by molar-refractivity contribution is 5.19. The van der Waals surface area contributed by atoms with Gasteiger partial charge in [-0.05, 0) is 0 Å². The molecule has 0 aromatic rings. The molecule has 0 aliphatic carbocycles. The fourth-order valence-electron chi connectivity index (χ4n) is 1.15. The van der Waals surface area contributed by atoms with Crippen LogP contribution >= 0.6 is 0 Å². The van der Waals surface area contributed by atoms with Crippen molar-refractivity contribution in [2.45, 2.75) is 6.10 Å². The van der Waals surface area contributed by atoms with Crippen LogP contribution in [0.3, 0.4) is 0 Å². The zero-order chi connectivity index (χ0) is 6.97. The monoisotopic (exact) mass is 143 g/mol. The molecule has 0 unspecified atom stereocenters. The average molecular weight is 143 g/mol. The number of ether oxygens (including phenoxy) is 2. The van der Waals surface area contributed by atoms with E-state index >= 15 is 0 Å². The van der Waals surface area contributed by atoms with Gasteiger partial charge in [0.25, 0.3) is 0 Å². The maximum atomic E-state index is 5.14. The Bertz CT molecular complexity index is 178. The number of nitrogens with one attached hydrogen (secondary N) is 1. The Morgan fingerprint density at radius 1 is 1.70 bits per heavy atom. The Kier molecular flexibility index (Phi) is 1.28. The lowest BCUT2D eigenvalue weighted by molar-refractivity contribution is -0.00335. The highest BCUT2D eigenvalue weighted by Gasteiger charge is 2.32. The second kappa shape index (κ2) is 2.14. The SMILES string of the molecule is COC1=C2COC[C@H]2ON1. The van der Waals surface area contributed by atoms with Crippen LogP contribution in [0.5, 0.6) is 0 Å². The van der Waals surface area contributed by atoms with E-state index in [9.17, 15) is 0 Å². The van der Waals surface area contributed by atoms with Gasteiger partial charge in [-0.2, -0.15) is 0 Å². The quantitative estimate of drug-likeness (QED) is 0.550. The molecule has 4 nitrogen and oxygen atoms in total. The van der Waals surface area contributed by atoms with E-state index in [1.54, 1.807) is 7.11 Å². The normalized spacial score (nSPS) is 30.3. The van der Waals surface area contributed by atoms with Crippen LogP contribution in [0, 0.1) is 0 Å². The van der Waals surface area contributed by atoms with E-state index in [4.69, 9.17) is 14.3 Å². The smallest absolute Gasteiger partial charge is 0.215 e. The minimum atomic E-state index is 0.0787. The third kappa shape index (κ3) is 0.693. The molecule has 1 saturated heterocycles. The van der Waals surface area contributed by atoms with Gasteiger partial charge in [0.05, 0.1) is 25.9 Å². The number of hydrogen-bond acceptors (Lipinski definition) is 4. The molecule has 2 aliphatic heterocycles. The molecule has 0 bridgehead atoms. The molecule has 0 amide bonds. The Balaban J connectivity index is 2.22. The highest BCUT2D eigenvalue weighted by Crippen LogP contribution is 2.23. The number of hydrogen-bond donors (Lipinski definition) is 1. The number of rotatable bonds is 1. The van der Waals surface area contributed by atoms with Crippen molar-refractivity contribution in [3.63, 3.8) is 0 Å². The summed E-state index contributed by atoms with van der Waals surface area (Å²) in [4.78, 5) is 5.11. The molecule has 0 radical (unpaired) electrons. The van der Waals surface area contributed by atoms with Crippen LogP contribution in [0.4, 0.5) is 0 Å². The molecule has 0 saturated carbocycles. The molecule has 2 aliphatic rings. The summed E-state index contributed by atoms with van der Waals surface area (Å²) in [5.74, 6) is 0.711. The van der Waals surface area contributed by atoms with E-state index < -0.39 is 0 Å². The third-order valence-corrected chi connectivity index (χ3v) is 1.71. The van der Waals surface area contributed by atoms with Crippen LogP contribution in [0.25, 0.3) is 0 Å². The zero-order valence-electron chi connectivity index (χ0n) is 5.72. The highest BCUT2D eigenvalue weighted by atomic mass is 16.7. The maximum Gasteiger partial charge on any atom is 0.215 e. The second-order valence-corrected chi connectivity index (χ2v) is 2.28. The molecule has 1 N–H and O–H groups in total. The largest absolute Gasteiger partial charge is 0.481 e. The van der Waals surface area contributed by atoms with Gasteiger partial charge < -0.3 is 9.47 Å². The molecule has 10 heavy (non-hydrogen) atoms. The lowest BCUT2D eigenvalue weighted by atomic mass is 10.2. The summed E-state index contributed by atoms with van der Waals surface area (Å²) in [7, 11) is 1.61. The van der Waals surface area contributed by atoms with E-state index in [1.807, 2.05) is 0 Å². The summed E-state index contributed by atoms with van der Waals surface area (Å²) >= 11 is 0. The number of hydroxylamine groups is 1. The topological polar surface area (TPSA) is 39.7 Å². The van der Waals surface area contributed by atoms with Gasteiger partial charge in [-0.1, -0.05) is 0 Å². The molecule has 56 valence electrons. The molecule has 4 heteroatoms. The molecule has 0 aromatic carbocycles. The first-order valence-corrected chi connectivity index (χ1v) is 3.18. The fraction of sp³-hybridized carbons (Fsp3) is 0.667. The van der Waals surface area contributed by atoms with Gasteiger partial charge in [0, 0.05) is 0 Å². The van der Waals surface area contributed by atoms with E-state index in [0.717, 1.165) is 5.57 Å². The minimum absolute atomic E-state index is 0.0787. The summed E-state index contributed by atoms with van der Waals surface area (Å²) in [5, 5.41) is 0. The lowest BCUT2D eigenvalue weighted by Gasteiger charge is -2.01. The van der Waals surface area contributed by atoms with E-state index in [2.05, 4.69) is 5.48 Å². The van der Waals surface area contributed by atoms with Crippen LogP contribution in [-0.2, 0) is 14.3 Å². The first-order chi connectivity index (χ1) is 4.92. The lowest BCUT2D eigenvalue weighted by Crippen LogP contribution is -2.15. The number of fused-ring (bicyclic) bond motifs is 1. The van der Waals surface area contributed by atoms with E-state index in [0.29, 0.717) is 19.1 Å². The Labute approximate surface area is 58.7 Å². The average Bonchev–Trinajstić information content (AvgIpc) is 2.44. The summed E-state index contributed by atoms with van der Waals surface area (Å²) in [6, 6.07) is 0. The van der Waals surface area contributed by atoms with Crippen molar-refractivity contribution in [1.29, 1.82) is 0 Å². The Morgan fingerprint density at radius 3 is 3.40 bits per heavy atom. The maximum absolute atomic E-state index is 5.14. The van der Waals surface area contributed by atoms with Gasteiger partial charge in [-0.25, -0.2) is 5.48 Å². The molecule has 1 atom stereocenters. The van der Waals surface area contributed by atoms with Gasteiger partial charge in [-0.3, -0.25) is 4.84 Å². The van der Waals surface area contributed by atoms with Crippen molar-refractivity contribution in [2.75, 3.05) is 20.3 Å². The van der Waals surface area contributed by atoms with Crippen molar-refractivity contribution in [1.82, 2.24) is 5.48 Å². The van der Waals surface area contributed by atoms with Crippen molar-refractivity contribution in [3.05, 3.63) is 11.5 Å². The van der Waals surface area contributed by atoms with Crippen LogP contribution in [0.1, 0.15) is 0 Å². The van der Waals surface area contributed by atoms with Crippen LogP contribution in [0.15, 0.2) is 11.5 Å². The van der Waals surface area contributed by atoms with Gasteiger partial charge >= 0.3 is 0 Å². The van der Waals surface area contributed by atoms with Gasteiger partial charge in [0.1, 0.15) is 6.10 Å². The summed E-state index contributed by atoms with van der Waals surface area (Å²) < 4.78 is 10.1. The predicted molar refractivity (Wildman–Crippen MR) is 32.9 cm³/mol. The van der Waals surface area contributed by atoms with E-state index in [-0.39, 0.29) is 6.10 Å². The number of methoxy groups -OCH3 is 1. The molecule has 2 heterocycles. The van der Waals surface area contributed by atoms with Crippen LogP contribution in [0.2, 0.25) is 0 Å². The third-order valence-electron chi connectivity index (χ3n) is 1.71. The first-order valence-electron chi connectivity index (χ1n) is 3.18. The fourth-order valence-corrected chi connectivity index (χ4v) is 1.15. The zero-order valence-corrected chi connectivity index (χ0v) is 5.72. The molecule has 2 rings (SSSR count). The molecule has 0 spiro atoms.